The maximum absolute atomic E-state index is 13.0. The largest absolute Gasteiger partial charge is 0.416 e. The van der Waals surface area contributed by atoms with Crippen molar-refractivity contribution in [3.05, 3.63) is 89.2 Å². The van der Waals surface area contributed by atoms with Crippen molar-refractivity contribution in [1.29, 1.82) is 0 Å². The normalized spacial score (nSPS) is 11.5. The van der Waals surface area contributed by atoms with Crippen molar-refractivity contribution in [1.82, 2.24) is 19.7 Å². The van der Waals surface area contributed by atoms with Crippen molar-refractivity contribution >= 4 is 17.2 Å². The highest BCUT2D eigenvalue weighted by molar-refractivity contribution is 7.13. The van der Waals surface area contributed by atoms with E-state index in [1.165, 1.54) is 11.0 Å². The zero-order chi connectivity index (χ0) is 22.0. The molecule has 0 radical (unpaired) electrons. The maximum atomic E-state index is 13.0. The Morgan fingerprint density at radius 2 is 1.90 bits per heavy atom. The average Bonchev–Trinajstić information content (AvgIpc) is 3.43. The molecule has 0 atom stereocenters. The number of hydrogen-bond acceptors (Lipinski definition) is 4. The second kappa shape index (κ2) is 8.35. The van der Waals surface area contributed by atoms with E-state index < -0.39 is 11.7 Å². The number of carbonyl (C=O) groups excluding carboxylic acids is 1. The maximum Gasteiger partial charge on any atom is 0.416 e. The molecule has 0 aliphatic rings. The number of carbonyl (C=O) groups is 1. The minimum Gasteiger partial charge on any atom is -0.336 e. The first kappa shape index (κ1) is 20.8. The Labute approximate surface area is 180 Å². The van der Waals surface area contributed by atoms with Gasteiger partial charge in [0.15, 0.2) is 0 Å². The molecule has 5 nitrogen and oxygen atoms in total. The van der Waals surface area contributed by atoms with Crippen LogP contribution in [0.15, 0.2) is 72.4 Å². The summed E-state index contributed by atoms with van der Waals surface area (Å²) >= 11 is 1.13. The molecule has 2 aromatic heterocycles. The monoisotopic (exact) mass is 442 g/mol. The summed E-state index contributed by atoms with van der Waals surface area (Å²) in [6.07, 6.45) is -0.906. The lowest BCUT2D eigenvalue weighted by molar-refractivity contribution is -0.137. The molecule has 0 saturated heterocycles. The molecule has 9 heteroatoms. The van der Waals surface area contributed by atoms with E-state index in [1.807, 2.05) is 36.5 Å². The van der Waals surface area contributed by atoms with E-state index >= 15 is 0 Å². The van der Waals surface area contributed by atoms with Gasteiger partial charge in [-0.1, -0.05) is 30.3 Å². The number of aromatic nitrogens is 3. The highest BCUT2D eigenvalue weighted by Gasteiger charge is 2.30. The van der Waals surface area contributed by atoms with Gasteiger partial charge in [0.25, 0.3) is 5.91 Å². The molecular weight excluding hydrogens is 425 g/mol. The van der Waals surface area contributed by atoms with Crippen LogP contribution in [0.2, 0.25) is 0 Å². The van der Waals surface area contributed by atoms with Crippen molar-refractivity contribution in [3.8, 4) is 16.3 Å². The molecule has 4 aromatic rings. The van der Waals surface area contributed by atoms with Crippen LogP contribution in [-0.2, 0) is 12.7 Å². The van der Waals surface area contributed by atoms with Crippen LogP contribution in [-0.4, -0.2) is 32.6 Å². The standard InChI is InChI=1S/C22H17F3N4OS/c1-28(12-15-11-26-29(13-15)18-8-3-2-4-9-18)21(30)19-14-31-20(27-19)16-6-5-7-17(10-16)22(23,24)25/h2-11,13-14H,12H2,1H3. The average molecular weight is 442 g/mol. The van der Waals surface area contributed by atoms with Crippen molar-refractivity contribution in [2.24, 2.45) is 0 Å². The molecule has 0 unspecified atom stereocenters. The summed E-state index contributed by atoms with van der Waals surface area (Å²) in [6, 6.07) is 14.5. The molecule has 0 saturated carbocycles. The third kappa shape index (κ3) is 4.66. The van der Waals surface area contributed by atoms with E-state index in [9.17, 15) is 18.0 Å². The summed E-state index contributed by atoms with van der Waals surface area (Å²) in [5, 5.41) is 6.23. The lowest BCUT2D eigenvalue weighted by Gasteiger charge is -2.14. The number of benzene rings is 2. The minimum atomic E-state index is -4.43. The highest BCUT2D eigenvalue weighted by Crippen LogP contribution is 2.33. The number of thiazole rings is 1. The van der Waals surface area contributed by atoms with E-state index in [0.29, 0.717) is 17.1 Å². The zero-order valence-corrected chi connectivity index (χ0v) is 17.2. The van der Waals surface area contributed by atoms with Crippen LogP contribution < -0.4 is 0 Å². The fourth-order valence-electron chi connectivity index (χ4n) is 3.04. The Bertz CT molecular complexity index is 1200. The molecule has 1 amide bonds. The SMILES string of the molecule is CN(Cc1cnn(-c2ccccc2)c1)C(=O)c1csc(-c2cccc(C(F)(F)F)c2)n1. The van der Waals surface area contributed by atoms with Crippen molar-refractivity contribution in [2.75, 3.05) is 7.05 Å². The van der Waals surface area contributed by atoms with Crippen molar-refractivity contribution in [2.45, 2.75) is 12.7 Å². The Balaban J connectivity index is 1.47. The van der Waals surface area contributed by atoms with E-state index in [-0.39, 0.29) is 11.6 Å². The Hall–Kier alpha value is -3.46. The second-order valence-corrected chi connectivity index (χ2v) is 7.76. The van der Waals surface area contributed by atoms with Gasteiger partial charge < -0.3 is 4.90 Å². The smallest absolute Gasteiger partial charge is 0.336 e. The summed E-state index contributed by atoms with van der Waals surface area (Å²) in [5.41, 5.74) is 1.52. The number of hydrogen-bond donors (Lipinski definition) is 0. The number of rotatable bonds is 5. The molecule has 0 fully saturated rings. The molecule has 0 spiro atoms. The number of para-hydroxylation sites is 1. The molecule has 0 bridgehead atoms. The van der Waals surface area contributed by atoms with E-state index in [0.717, 1.165) is 34.7 Å². The molecule has 4 rings (SSSR count). The first-order valence-electron chi connectivity index (χ1n) is 9.29. The van der Waals surface area contributed by atoms with Gasteiger partial charge in [0.2, 0.25) is 0 Å². The second-order valence-electron chi connectivity index (χ2n) is 6.91. The lowest BCUT2D eigenvalue weighted by atomic mass is 10.1. The molecule has 2 heterocycles. The van der Waals surface area contributed by atoms with Gasteiger partial charge in [-0.05, 0) is 24.3 Å². The number of amides is 1. The van der Waals surface area contributed by atoms with Crippen LogP contribution in [0.4, 0.5) is 13.2 Å². The van der Waals surface area contributed by atoms with Gasteiger partial charge in [0.1, 0.15) is 10.7 Å². The summed E-state index contributed by atoms with van der Waals surface area (Å²) in [5.74, 6) is -0.318. The fraction of sp³-hybridized carbons (Fsp3) is 0.136. The highest BCUT2D eigenvalue weighted by atomic mass is 32.1. The Morgan fingerprint density at radius 3 is 2.65 bits per heavy atom. The van der Waals surface area contributed by atoms with E-state index in [4.69, 9.17) is 0 Å². The molecule has 0 aliphatic heterocycles. The van der Waals surface area contributed by atoms with Crippen LogP contribution in [0.1, 0.15) is 21.6 Å². The van der Waals surface area contributed by atoms with E-state index in [1.54, 1.807) is 29.4 Å². The van der Waals surface area contributed by atoms with Gasteiger partial charge in [0, 0.05) is 36.3 Å². The van der Waals surface area contributed by atoms with Gasteiger partial charge in [0.05, 0.1) is 17.4 Å². The summed E-state index contributed by atoms with van der Waals surface area (Å²) in [4.78, 5) is 18.5. The van der Waals surface area contributed by atoms with Gasteiger partial charge in [-0.3, -0.25) is 4.79 Å². The number of nitrogens with zero attached hydrogens (tertiary/aromatic N) is 4. The molecule has 0 aliphatic carbocycles. The first-order chi connectivity index (χ1) is 14.8. The topological polar surface area (TPSA) is 51.0 Å². The van der Waals surface area contributed by atoms with Gasteiger partial charge >= 0.3 is 6.18 Å². The van der Waals surface area contributed by atoms with Gasteiger partial charge in [-0.15, -0.1) is 11.3 Å². The fourth-order valence-corrected chi connectivity index (χ4v) is 3.83. The summed E-state index contributed by atoms with van der Waals surface area (Å²) in [6.45, 7) is 0.322. The predicted octanol–water partition coefficient (Wildman–Crippen LogP) is 5.29. The van der Waals surface area contributed by atoms with E-state index in [2.05, 4.69) is 10.1 Å². The molecular formula is C22H17F3N4OS. The van der Waals surface area contributed by atoms with Crippen LogP contribution in [0.25, 0.3) is 16.3 Å². The first-order valence-corrected chi connectivity index (χ1v) is 10.2. The Morgan fingerprint density at radius 1 is 1.13 bits per heavy atom. The van der Waals surface area contributed by atoms with Gasteiger partial charge in [-0.25, -0.2) is 9.67 Å². The molecule has 2 aromatic carbocycles. The number of alkyl halides is 3. The van der Waals surface area contributed by atoms with Crippen LogP contribution in [0, 0.1) is 0 Å². The lowest BCUT2D eigenvalue weighted by Crippen LogP contribution is -2.26. The quantitative estimate of drug-likeness (QED) is 0.422. The number of halogens is 3. The predicted molar refractivity (Wildman–Crippen MR) is 112 cm³/mol. The van der Waals surface area contributed by atoms with Crippen LogP contribution in [0.3, 0.4) is 0 Å². The van der Waals surface area contributed by atoms with Crippen molar-refractivity contribution < 1.29 is 18.0 Å². The van der Waals surface area contributed by atoms with Crippen molar-refractivity contribution in [3.63, 3.8) is 0 Å². The zero-order valence-electron chi connectivity index (χ0n) is 16.4. The molecule has 0 N–H and O–H groups in total. The third-order valence-electron chi connectivity index (χ3n) is 4.58. The third-order valence-corrected chi connectivity index (χ3v) is 5.47. The van der Waals surface area contributed by atoms with Gasteiger partial charge in [-0.2, -0.15) is 18.3 Å². The summed E-state index contributed by atoms with van der Waals surface area (Å²) in [7, 11) is 1.64. The molecule has 158 valence electrons. The van der Waals surface area contributed by atoms with Crippen LogP contribution >= 0.6 is 11.3 Å². The Kier molecular flexibility index (Phi) is 5.60. The molecule has 31 heavy (non-hydrogen) atoms. The summed E-state index contributed by atoms with van der Waals surface area (Å²) < 4.78 is 40.6. The van der Waals surface area contributed by atoms with Crippen LogP contribution in [0.5, 0.6) is 0 Å². The minimum absolute atomic E-state index is 0.190.